The molecule has 0 spiro atoms. The van der Waals surface area contributed by atoms with Gasteiger partial charge in [-0.1, -0.05) is 12.8 Å². The van der Waals surface area contributed by atoms with E-state index in [1.54, 1.807) is 0 Å². The Kier molecular flexibility index (Phi) is 4.13. The molecule has 0 aromatic carbocycles. The average Bonchev–Trinajstić information content (AvgIpc) is 2.82. The molecule has 1 heterocycles. The number of hydrogen-bond donors (Lipinski definition) is 1. The fraction of sp³-hybridized carbons (Fsp3) is 0.857. The van der Waals surface area contributed by atoms with E-state index in [-0.39, 0.29) is 12.3 Å². The van der Waals surface area contributed by atoms with Gasteiger partial charge < -0.3 is 14.9 Å². The molecule has 1 saturated carbocycles. The molecule has 0 aromatic heterocycles. The van der Waals surface area contributed by atoms with Crippen LogP contribution >= 0.6 is 0 Å². The SMILES string of the molecule is CC1CN(C(=O)CC2(C(=O)O)CCCC2)CCN1C. The van der Waals surface area contributed by atoms with Crippen molar-refractivity contribution in [3.63, 3.8) is 0 Å². The van der Waals surface area contributed by atoms with Crippen LogP contribution < -0.4 is 0 Å². The molecule has 0 aromatic rings. The van der Waals surface area contributed by atoms with Crippen molar-refractivity contribution in [1.82, 2.24) is 9.80 Å². The van der Waals surface area contributed by atoms with E-state index in [1.165, 1.54) is 0 Å². The second-order valence-corrected chi connectivity index (χ2v) is 6.14. The van der Waals surface area contributed by atoms with Gasteiger partial charge in [-0.25, -0.2) is 0 Å². The fourth-order valence-corrected chi connectivity index (χ4v) is 3.19. The van der Waals surface area contributed by atoms with Crippen molar-refractivity contribution in [3.8, 4) is 0 Å². The molecule has 5 nitrogen and oxygen atoms in total. The molecule has 1 atom stereocenters. The molecule has 5 heteroatoms. The molecule has 1 unspecified atom stereocenters. The average molecular weight is 268 g/mol. The zero-order valence-electron chi connectivity index (χ0n) is 11.9. The lowest BCUT2D eigenvalue weighted by Crippen LogP contribution is -2.53. The van der Waals surface area contributed by atoms with Gasteiger partial charge in [-0.15, -0.1) is 0 Å². The van der Waals surface area contributed by atoms with Crippen LogP contribution in [-0.2, 0) is 9.59 Å². The first-order valence-corrected chi connectivity index (χ1v) is 7.16. The monoisotopic (exact) mass is 268 g/mol. The molecule has 1 saturated heterocycles. The lowest BCUT2D eigenvalue weighted by molar-refractivity contribution is -0.154. The van der Waals surface area contributed by atoms with Crippen molar-refractivity contribution in [3.05, 3.63) is 0 Å². The summed E-state index contributed by atoms with van der Waals surface area (Å²) in [5.74, 6) is -0.773. The number of piperazine rings is 1. The van der Waals surface area contributed by atoms with Crippen LogP contribution in [0.1, 0.15) is 39.0 Å². The second kappa shape index (κ2) is 5.49. The second-order valence-electron chi connectivity index (χ2n) is 6.14. The number of carboxylic acid groups (broad SMARTS) is 1. The topological polar surface area (TPSA) is 60.9 Å². The summed E-state index contributed by atoms with van der Waals surface area (Å²) in [6.07, 6.45) is 3.34. The minimum atomic E-state index is -0.791. The van der Waals surface area contributed by atoms with E-state index >= 15 is 0 Å². The highest BCUT2D eigenvalue weighted by Crippen LogP contribution is 2.41. The molecule has 0 bridgehead atoms. The largest absolute Gasteiger partial charge is 0.481 e. The van der Waals surface area contributed by atoms with Crippen LogP contribution in [0.5, 0.6) is 0 Å². The summed E-state index contributed by atoms with van der Waals surface area (Å²) in [7, 11) is 2.06. The molecular weight excluding hydrogens is 244 g/mol. The third-order valence-electron chi connectivity index (χ3n) is 4.82. The number of nitrogens with zero attached hydrogens (tertiary/aromatic N) is 2. The number of likely N-dealkylation sites (N-methyl/N-ethyl adjacent to an activating group) is 1. The first kappa shape index (κ1) is 14.3. The summed E-state index contributed by atoms with van der Waals surface area (Å²) < 4.78 is 0. The number of aliphatic carboxylic acids is 1. The van der Waals surface area contributed by atoms with Gasteiger partial charge in [0.1, 0.15) is 0 Å². The molecule has 19 heavy (non-hydrogen) atoms. The minimum absolute atomic E-state index is 0.0178. The van der Waals surface area contributed by atoms with Crippen molar-refractivity contribution in [2.75, 3.05) is 26.7 Å². The third-order valence-corrected chi connectivity index (χ3v) is 4.82. The van der Waals surface area contributed by atoms with Gasteiger partial charge in [0.05, 0.1) is 5.41 Å². The lowest BCUT2D eigenvalue weighted by Gasteiger charge is -2.38. The van der Waals surface area contributed by atoms with E-state index in [0.29, 0.717) is 25.4 Å². The third kappa shape index (κ3) is 2.91. The van der Waals surface area contributed by atoms with Crippen molar-refractivity contribution >= 4 is 11.9 Å². The Morgan fingerprint density at radius 3 is 2.42 bits per heavy atom. The van der Waals surface area contributed by atoms with Crippen molar-refractivity contribution < 1.29 is 14.7 Å². The molecular formula is C14H24N2O3. The standard InChI is InChI=1S/C14H24N2O3/c1-11-10-16(8-7-15(11)2)12(17)9-14(13(18)19)5-3-4-6-14/h11H,3-10H2,1-2H3,(H,18,19). The number of carbonyl (C=O) groups is 2. The van der Waals surface area contributed by atoms with Gasteiger partial charge in [0.15, 0.2) is 0 Å². The van der Waals surface area contributed by atoms with Crippen LogP contribution in [0.4, 0.5) is 0 Å². The summed E-state index contributed by atoms with van der Waals surface area (Å²) >= 11 is 0. The first-order chi connectivity index (χ1) is 8.94. The maximum absolute atomic E-state index is 12.4. The van der Waals surface area contributed by atoms with E-state index in [9.17, 15) is 14.7 Å². The van der Waals surface area contributed by atoms with Crippen molar-refractivity contribution in [1.29, 1.82) is 0 Å². The zero-order valence-corrected chi connectivity index (χ0v) is 11.9. The summed E-state index contributed by atoms with van der Waals surface area (Å²) in [5.41, 5.74) is -0.788. The van der Waals surface area contributed by atoms with Gasteiger partial charge in [-0.2, -0.15) is 0 Å². The Bertz CT molecular complexity index is 364. The van der Waals surface area contributed by atoms with Gasteiger partial charge in [-0.3, -0.25) is 9.59 Å². The molecule has 2 rings (SSSR count). The van der Waals surface area contributed by atoms with Crippen LogP contribution in [0.25, 0.3) is 0 Å². The Morgan fingerprint density at radius 1 is 1.26 bits per heavy atom. The molecule has 2 fully saturated rings. The molecule has 2 aliphatic rings. The number of carboxylic acids is 1. The highest BCUT2D eigenvalue weighted by atomic mass is 16.4. The Labute approximate surface area is 114 Å². The highest BCUT2D eigenvalue weighted by Gasteiger charge is 2.44. The zero-order chi connectivity index (χ0) is 14.0. The maximum Gasteiger partial charge on any atom is 0.310 e. The van der Waals surface area contributed by atoms with E-state index in [0.717, 1.165) is 25.9 Å². The van der Waals surface area contributed by atoms with Crippen LogP contribution in [0.3, 0.4) is 0 Å². The van der Waals surface area contributed by atoms with Crippen LogP contribution in [-0.4, -0.2) is 59.5 Å². The molecule has 1 aliphatic carbocycles. The first-order valence-electron chi connectivity index (χ1n) is 7.16. The van der Waals surface area contributed by atoms with Crippen molar-refractivity contribution in [2.24, 2.45) is 5.41 Å². The van der Waals surface area contributed by atoms with Gasteiger partial charge in [-0.05, 0) is 26.8 Å². The summed E-state index contributed by atoms with van der Waals surface area (Å²) in [4.78, 5) is 27.9. The highest BCUT2D eigenvalue weighted by molar-refractivity contribution is 5.85. The van der Waals surface area contributed by atoms with Gasteiger partial charge in [0.2, 0.25) is 5.91 Å². The van der Waals surface area contributed by atoms with Gasteiger partial charge >= 0.3 is 5.97 Å². The fourth-order valence-electron chi connectivity index (χ4n) is 3.19. The van der Waals surface area contributed by atoms with E-state index in [4.69, 9.17) is 0 Å². The smallest absolute Gasteiger partial charge is 0.310 e. The quantitative estimate of drug-likeness (QED) is 0.835. The summed E-state index contributed by atoms with van der Waals surface area (Å²) in [6.45, 7) is 4.40. The molecule has 0 radical (unpaired) electrons. The van der Waals surface area contributed by atoms with E-state index in [2.05, 4.69) is 18.9 Å². The molecule has 1 N–H and O–H groups in total. The van der Waals surface area contributed by atoms with Crippen LogP contribution in [0, 0.1) is 5.41 Å². The maximum atomic E-state index is 12.4. The van der Waals surface area contributed by atoms with Crippen LogP contribution in [0.2, 0.25) is 0 Å². The van der Waals surface area contributed by atoms with Gasteiger partial charge in [0.25, 0.3) is 0 Å². The minimum Gasteiger partial charge on any atom is -0.481 e. The molecule has 1 amide bonds. The van der Waals surface area contributed by atoms with E-state index < -0.39 is 11.4 Å². The number of rotatable bonds is 3. The van der Waals surface area contributed by atoms with E-state index in [1.807, 2.05) is 4.90 Å². The predicted molar refractivity (Wildman–Crippen MR) is 71.8 cm³/mol. The van der Waals surface area contributed by atoms with Crippen LogP contribution in [0.15, 0.2) is 0 Å². The number of hydrogen-bond acceptors (Lipinski definition) is 3. The Balaban J connectivity index is 1.98. The molecule has 1 aliphatic heterocycles. The Hall–Kier alpha value is -1.10. The molecule has 108 valence electrons. The normalized spacial score (nSPS) is 27.5. The lowest BCUT2D eigenvalue weighted by atomic mass is 9.82. The number of carbonyl (C=O) groups excluding carboxylic acids is 1. The summed E-state index contributed by atoms with van der Waals surface area (Å²) in [6, 6.07) is 0.349. The number of amides is 1. The van der Waals surface area contributed by atoms with Gasteiger partial charge in [0, 0.05) is 32.1 Å². The summed E-state index contributed by atoms with van der Waals surface area (Å²) in [5, 5.41) is 9.43. The predicted octanol–water partition coefficient (Wildman–Crippen LogP) is 1.18. The van der Waals surface area contributed by atoms with Crippen molar-refractivity contribution in [2.45, 2.75) is 45.1 Å². The Morgan fingerprint density at radius 2 is 1.89 bits per heavy atom.